The number of aromatic amines is 1. The number of ether oxygens (including phenoxy) is 2. The Morgan fingerprint density at radius 3 is 2.62 bits per heavy atom. The predicted molar refractivity (Wildman–Crippen MR) is 146 cm³/mol. The van der Waals surface area contributed by atoms with E-state index in [9.17, 15) is 9.59 Å². The van der Waals surface area contributed by atoms with Crippen molar-refractivity contribution < 1.29 is 14.3 Å². The van der Waals surface area contributed by atoms with E-state index in [0.29, 0.717) is 62.8 Å². The van der Waals surface area contributed by atoms with Crippen molar-refractivity contribution in [3.05, 3.63) is 85.8 Å². The third-order valence-corrected chi connectivity index (χ3v) is 8.06. The molecule has 192 valence electrons. The third-order valence-electron chi connectivity index (χ3n) is 6.77. The Hall–Kier alpha value is -3.23. The summed E-state index contributed by atoms with van der Waals surface area (Å²) in [5, 5.41) is 4.49. The average molecular weight is 538 g/mol. The zero-order valence-corrected chi connectivity index (χ0v) is 22.7. The van der Waals surface area contributed by atoms with Crippen LogP contribution in [0, 0.1) is 5.41 Å². The van der Waals surface area contributed by atoms with Gasteiger partial charge in [-0.15, -0.1) is 0 Å². The van der Waals surface area contributed by atoms with Crippen molar-refractivity contribution in [2.75, 3.05) is 19.5 Å². The molecule has 1 atom stereocenters. The van der Waals surface area contributed by atoms with Gasteiger partial charge >= 0.3 is 0 Å². The maximum atomic E-state index is 13.6. The molecule has 0 radical (unpaired) electrons. The monoisotopic (exact) mass is 537 g/mol. The number of benzene rings is 2. The Morgan fingerprint density at radius 1 is 1.11 bits per heavy atom. The van der Waals surface area contributed by atoms with Gasteiger partial charge < -0.3 is 19.8 Å². The van der Waals surface area contributed by atoms with Gasteiger partial charge in [0.1, 0.15) is 17.3 Å². The summed E-state index contributed by atoms with van der Waals surface area (Å²) in [4.78, 5) is 34.9. The van der Waals surface area contributed by atoms with E-state index in [1.807, 2.05) is 30.3 Å². The van der Waals surface area contributed by atoms with E-state index in [0.717, 1.165) is 11.3 Å². The minimum absolute atomic E-state index is 0.0100. The standard InChI is InChI=1S/C28H28ClN3O4S/c1-28(2)12-19-23(20(33)13-28)22(17-11-16(35-3)9-10-21(17)36-4)24-25(30-19)31-27(32-26(24)34)37-14-15-7-5-6-8-18(15)29/h5-11,22H,12-14H2,1-4H3,(H2,30,31,32,34)/t22-/m1/s1. The minimum Gasteiger partial charge on any atom is -0.497 e. The number of nitrogens with zero attached hydrogens (tertiary/aromatic N) is 1. The van der Waals surface area contributed by atoms with Gasteiger partial charge in [0.2, 0.25) is 0 Å². The Kier molecular flexibility index (Phi) is 6.81. The fourth-order valence-electron chi connectivity index (χ4n) is 5.10. The number of aromatic nitrogens is 2. The number of hydrogen-bond donors (Lipinski definition) is 2. The number of carbonyl (C=O) groups is 1. The second kappa shape index (κ2) is 9.91. The number of anilines is 1. The first-order valence-corrected chi connectivity index (χ1v) is 13.3. The first-order valence-electron chi connectivity index (χ1n) is 12.0. The molecule has 0 unspecified atom stereocenters. The third kappa shape index (κ3) is 4.88. The molecule has 0 saturated carbocycles. The molecule has 0 bridgehead atoms. The van der Waals surface area contributed by atoms with Crippen LogP contribution in [-0.2, 0) is 10.5 Å². The van der Waals surface area contributed by atoms with Gasteiger partial charge in [-0.05, 0) is 41.7 Å². The van der Waals surface area contributed by atoms with E-state index >= 15 is 0 Å². The highest BCUT2D eigenvalue weighted by molar-refractivity contribution is 7.98. The Morgan fingerprint density at radius 2 is 1.89 bits per heavy atom. The van der Waals surface area contributed by atoms with Crippen LogP contribution in [0.3, 0.4) is 0 Å². The zero-order chi connectivity index (χ0) is 26.3. The Balaban J connectivity index is 1.64. The largest absolute Gasteiger partial charge is 0.497 e. The minimum atomic E-state index is -0.640. The van der Waals surface area contributed by atoms with E-state index in [2.05, 4.69) is 24.1 Å². The van der Waals surface area contributed by atoms with Gasteiger partial charge in [0.15, 0.2) is 10.9 Å². The molecule has 3 aromatic rings. The van der Waals surface area contributed by atoms with Crippen LogP contribution in [0.4, 0.5) is 5.82 Å². The number of ketones is 1. The molecule has 1 aromatic heterocycles. The number of carbonyl (C=O) groups excluding carboxylic acids is 1. The number of hydrogen-bond acceptors (Lipinski definition) is 7. The molecule has 0 fully saturated rings. The van der Waals surface area contributed by atoms with Crippen molar-refractivity contribution >= 4 is 35.0 Å². The number of nitrogens with one attached hydrogen (secondary N) is 2. The topological polar surface area (TPSA) is 93.3 Å². The lowest BCUT2D eigenvalue weighted by Crippen LogP contribution is -2.37. The van der Waals surface area contributed by atoms with Crippen LogP contribution < -0.4 is 20.3 Å². The molecule has 2 aromatic carbocycles. The van der Waals surface area contributed by atoms with Gasteiger partial charge in [-0.3, -0.25) is 9.59 Å². The SMILES string of the molecule is COc1ccc(OC)c([C@@H]2C3=C(CC(C)(C)CC3=O)Nc3nc(SCc4ccccc4Cl)[nH]c(=O)c32)c1. The van der Waals surface area contributed by atoms with Crippen molar-refractivity contribution in [1.82, 2.24) is 9.97 Å². The van der Waals surface area contributed by atoms with Crippen LogP contribution in [0.15, 0.2) is 63.7 Å². The molecule has 0 saturated heterocycles. The second-order valence-corrected chi connectivity index (χ2v) is 11.4. The normalized spacial score (nSPS) is 18.1. The van der Waals surface area contributed by atoms with E-state index in [1.165, 1.54) is 11.8 Å². The fourth-order valence-corrected chi connectivity index (χ4v) is 6.25. The Labute approximate surface area is 224 Å². The lowest BCUT2D eigenvalue weighted by molar-refractivity contribution is -0.118. The molecule has 2 heterocycles. The van der Waals surface area contributed by atoms with Gasteiger partial charge in [-0.2, -0.15) is 0 Å². The van der Waals surface area contributed by atoms with E-state index in [1.54, 1.807) is 26.4 Å². The van der Waals surface area contributed by atoms with Crippen LogP contribution in [-0.4, -0.2) is 30.0 Å². The highest BCUT2D eigenvalue weighted by Crippen LogP contribution is 2.49. The van der Waals surface area contributed by atoms with Crippen molar-refractivity contribution in [3.8, 4) is 11.5 Å². The molecule has 0 spiro atoms. The number of rotatable bonds is 6. The summed E-state index contributed by atoms with van der Waals surface area (Å²) in [7, 11) is 3.16. The second-order valence-electron chi connectivity index (χ2n) is 10.0. The summed E-state index contributed by atoms with van der Waals surface area (Å²) in [6.07, 6.45) is 1.05. The Bertz CT molecular complexity index is 1480. The highest BCUT2D eigenvalue weighted by Gasteiger charge is 2.43. The highest BCUT2D eigenvalue weighted by atomic mass is 35.5. The molecule has 7 nitrogen and oxygen atoms in total. The molecule has 2 N–H and O–H groups in total. The molecule has 9 heteroatoms. The molecule has 1 aliphatic carbocycles. The van der Waals surface area contributed by atoms with Crippen LogP contribution >= 0.6 is 23.4 Å². The average Bonchev–Trinajstić information content (AvgIpc) is 2.85. The smallest absolute Gasteiger partial charge is 0.257 e. The number of allylic oxidation sites excluding steroid dienone is 2. The number of Topliss-reactive ketones (excluding diaryl/α,β-unsaturated/α-hetero) is 1. The quantitative estimate of drug-likeness (QED) is 0.297. The van der Waals surface area contributed by atoms with Gasteiger partial charge in [0.25, 0.3) is 5.56 Å². The molecule has 2 aliphatic rings. The van der Waals surface area contributed by atoms with Gasteiger partial charge in [-0.25, -0.2) is 4.98 Å². The first kappa shape index (κ1) is 25.4. The summed E-state index contributed by atoms with van der Waals surface area (Å²) < 4.78 is 11.1. The number of thioether (sulfide) groups is 1. The number of H-pyrrole nitrogens is 1. The predicted octanol–water partition coefficient (Wildman–Crippen LogP) is 5.93. The van der Waals surface area contributed by atoms with E-state index in [4.69, 9.17) is 26.1 Å². The summed E-state index contributed by atoms with van der Waals surface area (Å²) in [6, 6.07) is 13.0. The van der Waals surface area contributed by atoms with Crippen molar-refractivity contribution in [3.63, 3.8) is 0 Å². The lowest BCUT2D eigenvalue weighted by Gasteiger charge is -2.38. The van der Waals surface area contributed by atoms with Crippen LogP contribution in [0.25, 0.3) is 0 Å². The number of fused-ring (bicyclic) bond motifs is 1. The maximum Gasteiger partial charge on any atom is 0.257 e. The van der Waals surface area contributed by atoms with Gasteiger partial charge in [-0.1, -0.05) is 55.4 Å². The fraction of sp³-hybridized carbons (Fsp3) is 0.321. The molecule has 5 rings (SSSR count). The van der Waals surface area contributed by atoms with Crippen LogP contribution in [0.1, 0.15) is 49.3 Å². The van der Waals surface area contributed by atoms with Crippen LogP contribution in [0.2, 0.25) is 5.02 Å². The summed E-state index contributed by atoms with van der Waals surface area (Å²) in [6.45, 7) is 4.15. The molecule has 0 amide bonds. The molecular weight excluding hydrogens is 510 g/mol. The van der Waals surface area contributed by atoms with Crippen LogP contribution in [0.5, 0.6) is 11.5 Å². The first-order chi connectivity index (χ1) is 17.7. The lowest BCUT2D eigenvalue weighted by atomic mass is 9.69. The van der Waals surface area contributed by atoms with Crippen molar-refractivity contribution in [2.45, 2.75) is 43.5 Å². The van der Waals surface area contributed by atoms with Gasteiger partial charge in [0.05, 0.1) is 25.7 Å². The maximum absolute atomic E-state index is 13.6. The molecule has 1 aliphatic heterocycles. The summed E-state index contributed by atoms with van der Waals surface area (Å²) in [5.41, 5.74) is 2.89. The molecule has 37 heavy (non-hydrogen) atoms. The summed E-state index contributed by atoms with van der Waals surface area (Å²) >= 11 is 7.71. The zero-order valence-electron chi connectivity index (χ0n) is 21.1. The van der Waals surface area contributed by atoms with Crippen molar-refractivity contribution in [2.24, 2.45) is 5.41 Å². The van der Waals surface area contributed by atoms with Crippen molar-refractivity contribution in [1.29, 1.82) is 0 Å². The van der Waals surface area contributed by atoms with E-state index < -0.39 is 5.92 Å². The number of halogens is 1. The molecular formula is C28H28ClN3O4S. The summed E-state index contributed by atoms with van der Waals surface area (Å²) in [5.74, 6) is 1.55. The van der Waals surface area contributed by atoms with E-state index in [-0.39, 0.29) is 16.8 Å². The van der Waals surface area contributed by atoms with Gasteiger partial charge in [0, 0.05) is 34.0 Å². The number of methoxy groups -OCH3 is 2.